The lowest BCUT2D eigenvalue weighted by Gasteiger charge is -2.36. The zero-order valence-corrected chi connectivity index (χ0v) is 18.5. The molecule has 0 aromatic rings. The maximum Gasteiger partial charge on any atom is 0.136 e. The van der Waals surface area contributed by atoms with E-state index in [2.05, 4.69) is 36.7 Å². The second-order valence-corrected chi connectivity index (χ2v) is 8.19. The average Bonchev–Trinajstić information content (AvgIpc) is 2.91. The lowest BCUT2D eigenvalue weighted by atomic mass is 9.90. The fourth-order valence-corrected chi connectivity index (χ4v) is 3.84. The van der Waals surface area contributed by atoms with Gasteiger partial charge in [0.2, 0.25) is 0 Å². The number of carbonyl (C=O) groups excluding carboxylic acids is 1. The third-order valence-corrected chi connectivity index (χ3v) is 5.53. The van der Waals surface area contributed by atoms with Crippen LogP contribution in [0.2, 0.25) is 0 Å². The van der Waals surface area contributed by atoms with Crippen LogP contribution in [0.1, 0.15) is 66.2 Å². The molecule has 6 heteroatoms. The van der Waals surface area contributed by atoms with Gasteiger partial charge in [-0.3, -0.25) is 0 Å². The number of halogens is 1. The fourth-order valence-electron chi connectivity index (χ4n) is 3.19. The first-order valence-corrected chi connectivity index (χ1v) is 11.0. The number of aldehydes is 1. The number of ether oxygens (including phenoxy) is 4. The Morgan fingerprint density at radius 2 is 1.69 bits per heavy atom. The van der Waals surface area contributed by atoms with E-state index in [-0.39, 0.29) is 12.2 Å². The summed E-state index contributed by atoms with van der Waals surface area (Å²) in [5.41, 5.74) is -0.684. The minimum absolute atomic E-state index is 0.236. The standard InChI is InChI=1S/C20H37BrO5/c1-5-8-11-23-15-17-19(24-12-9-6-2)20(4,25-13-10-7-3)18(26-17)16(21)14-22/h14,16-19H,5-13,15H2,1-4H3/t16?,17-,18?,19-,20+/m1/s1. The molecule has 1 fully saturated rings. The molecule has 0 radical (unpaired) electrons. The third-order valence-electron chi connectivity index (χ3n) is 4.84. The van der Waals surface area contributed by atoms with E-state index in [0.29, 0.717) is 26.4 Å². The second kappa shape index (κ2) is 13.2. The van der Waals surface area contributed by atoms with Crippen LogP contribution >= 0.6 is 15.9 Å². The average molecular weight is 437 g/mol. The van der Waals surface area contributed by atoms with Gasteiger partial charge in [0.05, 0.1) is 11.4 Å². The molecule has 1 saturated heterocycles. The molecule has 154 valence electrons. The van der Waals surface area contributed by atoms with Crippen molar-refractivity contribution in [3.05, 3.63) is 0 Å². The van der Waals surface area contributed by atoms with Gasteiger partial charge in [0.1, 0.15) is 30.2 Å². The van der Waals surface area contributed by atoms with Crippen LogP contribution in [-0.4, -0.2) is 61.5 Å². The molecular weight excluding hydrogens is 400 g/mol. The van der Waals surface area contributed by atoms with Gasteiger partial charge in [-0.2, -0.15) is 0 Å². The van der Waals surface area contributed by atoms with E-state index >= 15 is 0 Å². The molecule has 26 heavy (non-hydrogen) atoms. The molecule has 0 aromatic heterocycles. The molecule has 0 saturated carbocycles. The van der Waals surface area contributed by atoms with E-state index in [1.165, 1.54) is 0 Å². The number of carbonyl (C=O) groups is 1. The van der Waals surface area contributed by atoms with Crippen molar-refractivity contribution < 1.29 is 23.7 Å². The van der Waals surface area contributed by atoms with E-state index in [1.54, 1.807) is 0 Å². The molecule has 5 atom stereocenters. The van der Waals surface area contributed by atoms with Crippen LogP contribution in [0.15, 0.2) is 0 Å². The Morgan fingerprint density at radius 3 is 2.31 bits per heavy atom. The maximum absolute atomic E-state index is 11.4. The molecule has 0 bridgehead atoms. The van der Waals surface area contributed by atoms with Crippen molar-refractivity contribution in [3.8, 4) is 0 Å². The number of hydrogen-bond donors (Lipinski definition) is 0. The molecule has 1 heterocycles. The van der Waals surface area contributed by atoms with Gasteiger partial charge in [-0.05, 0) is 26.2 Å². The predicted molar refractivity (Wildman–Crippen MR) is 107 cm³/mol. The van der Waals surface area contributed by atoms with E-state index in [4.69, 9.17) is 18.9 Å². The van der Waals surface area contributed by atoms with Crippen LogP contribution < -0.4 is 0 Å². The SMILES string of the molecule is CCCCOC[C@H]1OC(C(Br)C=O)[C@](C)(OCCCC)[C@@H]1OCCCC. The summed E-state index contributed by atoms with van der Waals surface area (Å²) in [6.45, 7) is 10.9. The Balaban J connectivity index is 2.90. The van der Waals surface area contributed by atoms with Gasteiger partial charge >= 0.3 is 0 Å². The van der Waals surface area contributed by atoms with Crippen LogP contribution in [0.3, 0.4) is 0 Å². The minimum atomic E-state index is -0.684. The van der Waals surface area contributed by atoms with E-state index in [9.17, 15) is 4.79 Å². The topological polar surface area (TPSA) is 54.0 Å². The Hall–Kier alpha value is -0.0100. The van der Waals surface area contributed by atoms with Crippen LogP contribution in [0.4, 0.5) is 0 Å². The Morgan fingerprint density at radius 1 is 1.08 bits per heavy atom. The Labute approximate surface area is 167 Å². The molecule has 1 rings (SSSR count). The highest BCUT2D eigenvalue weighted by Crippen LogP contribution is 2.40. The summed E-state index contributed by atoms with van der Waals surface area (Å²) >= 11 is 3.45. The zero-order chi connectivity index (χ0) is 19.4. The van der Waals surface area contributed by atoms with Crippen molar-refractivity contribution in [2.75, 3.05) is 26.4 Å². The molecule has 2 unspecified atom stereocenters. The normalized spacial score (nSPS) is 29.8. The van der Waals surface area contributed by atoms with Crippen molar-refractivity contribution >= 4 is 22.2 Å². The number of unbranched alkanes of at least 4 members (excludes halogenated alkanes) is 3. The first-order valence-electron chi connectivity index (χ1n) is 10.1. The lowest BCUT2D eigenvalue weighted by molar-refractivity contribution is -0.138. The molecule has 0 aromatic carbocycles. The summed E-state index contributed by atoms with van der Waals surface area (Å²) in [4.78, 5) is 11.0. The molecule has 0 amide bonds. The maximum atomic E-state index is 11.4. The van der Waals surface area contributed by atoms with Crippen molar-refractivity contribution in [2.45, 2.75) is 95.0 Å². The zero-order valence-electron chi connectivity index (χ0n) is 16.9. The summed E-state index contributed by atoms with van der Waals surface area (Å²) < 4.78 is 24.5. The fraction of sp³-hybridized carbons (Fsp3) is 0.950. The predicted octanol–water partition coefficient (Wildman–Crippen LogP) is 4.29. The Bertz CT molecular complexity index is 381. The molecule has 1 aliphatic rings. The number of rotatable bonds is 15. The van der Waals surface area contributed by atoms with Crippen LogP contribution in [0.25, 0.3) is 0 Å². The number of hydrogen-bond acceptors (Lipinski definition) is 5. The van der Waals surface area contributed by atoms with Crippen LogP contribution in [0, 0.1) is 0 Å². The minimum Gasteiger partial charge on any atom is -0.379 e. The highest BCUT2D eigenvalue weighted by atomic mass is 79.9. The third kappa shape index (κ3) is 6.86. The summed E-state index contributed by atoms with van der Waals surface area (Å²) in [5, 5.41) is 0. The summed E-state index contributed by atoms with van der Waals surface area (Å²) in [6, 6.07) is 0. The Kier molecular flexibility index (Phi) is 12.2. The van der Waals surface area contributed by atoms with Gasteiger partial charge in [-0.1, -0.05) is 56.0 Å². The van der Waals surface area contributed by atoms with Crippen LogP contribution in [0.5, 0.6) is 0 Å². The molecule has 0 N–H and O–H groups in total. The summed E-state index contributed by atoms with van der Waals surface area (Å²) in [7, 11) is 0. The van der Waals surface area contributed by atoms with Crippen molar-refractivity contribution in [1.82, 2.24) is 0 Å². The molecular formula is C20H37BrO5. The van der Waals surface area contributed by atoms with E-state index in [1.807, 2.05) is 6.92 Å². The lowest BCUT2D eigenvalue weighted by Crippen LogP contribution is -2.53. The monoisotopic (exact) mass is 436 g/mol. The van der Waals surface area contributed by atoms with Gasteiger partial charge in [0.25, 0.3) is 0 Å². The molecule has 5 nitrogen and oxygen atoms in total. The molecule has 0 spiro atoms. The molecule has 1 aliphatic heterocycles. The quantitative estimate of drug-likeness (QED) is 0.217. The van der Waals surface area contributed by atoms with Crippen molar-refractivity contribution in [1.29, 1.82) is 0 Å². The summed E-state index contributed by atoms with van der Waals surface area (Å²) in [5.74, 6) is 0. The molecule has 0 aliphatic carbocycles. The van der Waals surface area contributed by atoms with Gasteiger partial charge in [-0.15, -0.1) is 0 Å². The van der Waals surface area contributed by atoms with Crippen LogP contribution in [-0.2, 0) is 23.7 Å². The van der Waals surface area contributed by atoms with Gasteiger partial charge in [0, 0.05) is 19.8 Å². The van der Waals surface area contributed by atoms with Gasteiger partial charge in [-0.25, -0.2) is 0 Å². The first kappa shape index (κ1) is 24.0. The smallest absolute Gasteiger partial charge is 0.136 e. The first-order chi connectivity index (χ1) is 12.5. The largest absolute Gasteiger partial charge is 0.379 e. The van der Waals surface area contributed by atoms with Crippen molar-refractivity contribution in [3.63, 3.8) is 0 Å². The summed E-state index contributed by atoms with van der Waals surface area (Å²) in [6.07, 6.45) is 6.18. The van der Waals surface area contributed by atoms with Gasteiger partial charge < -0.3 is 23.7 Å². The van der Waals surface area contributed by atoms with Gasteiger partial charge in [0.15, 0.2) is 0 Å². The van der Waals surface area contributed by atoms with E-state index in [0.717, 1.165) is 44.8 Å². The highest BCUT2D eigenvalue weighted by molar-refractivity contribution is 9.10. The highest BCUT2D eigenvalue weighted by Gasteiger charge is 2.57. The second-order valence-electron chi connectivity index (χ2n) is 7.13. The van der Waals surface area contributed by atoms with Crippen molar-refractivity contribution in [2.24, 2.45) is 0 Å². The number of alkyl halides is 1. The van der Waals surface area contributed by atoms with E-state index < -0.39 is 16.5 Å².